The summed E-state index contributed by atoms with van der Waals surface area (Å²) in [5.41, 5.74) is 0. The molecule has 0 heteroatoms. The van der Waals surface area contributed by atoms with Crippen molar-refractivity contribution in [3.05, 3.63) is 12.2 Å². The van der Waals surface area contributed by atoms with Crippen LogP contribution in [0.5, 0.6) is 0 Å². The third kappa shape index (κ3) is 6.62. The Morgan fingerprint density at radius 3 is 1.60 bits per heavy atom. The largest absolute Gasteiger partial charge is 0.0851 e. The van der Waals surface area contributed by atoms with Crippen LogP contribution in [0.3, 0.4) is 0 Å². The van der Waals surface area contributed by atoms with Gasteiger partial charge in [-0.15, -0.1) is 0 Å². The Hall–Kier alpha value is -0.260. The van der Waals surface area contributed by atoms with Crippen molar-refractivity contribution in [3.63, 3.8) is 0 Å². The molecular weight excluding hydrogens is 360 g/mol. The maximum atomic E-state index is 2.65. The molecule has 0 nitrogen and oxygen atoms in total. The van der Waals surface area contributed by atoms with Gasteiger partial charge in [-0.25, -0.2) is 0 Å². The first-order valence-electron chi connectivity index (χ1n) is 14.4. The van der Waals surface area contributed by atoms with Crippen LogP contribution in [0.15, 0.2) is 12.2 Å². The fourth-order valence-electron chi connectivity index (χ4n) is 7.79. The number of hydrogen-bond acceptors (Lipinski definition) is 0. The molecule has 0 aromatic heterocycles. The monoisotopic (exact) mass is 412 g/mol. The smallest absolute Gasteiger partial charge is 0.0205 e. The molecule has 0 saturated heterocycles. The van der Waals surface area contributed by atoms with Gasteiger partial charge in [0.1, 0.15) is 0 Å². The lowest BCUT2D eigenvalue weighted by atomic mass is 9.69. The molecule has 3 fully saturated rings. The zero-order valence-electron chi connectivity index (χ0n) is 20.5. The van der Waals surface area contributed by atoms with Gasteiger partial charge < -0.3 is 0 Å². The average molecular weight is 413 g/mol. The van der Waals surface area contributed by atoms with Crippen LogP contribution in [-0.2, 0) is 0 Å². The summed E-state index contributed by atoms with van der Waals surface area (Å²) in [6.45, 7) is 4.91. The van der Waals surface area contributed by atoms with Crippen LogP contribution >= 0.6 is 0 Å². The van der Waals surface area contributed by atoms with Gasteiger partial charge >= 0.3 is 0 Å². The van der Waals surface area contributed by atoms with Crippen molar-refractivity contribution < 1.29 is 0 Å². The van der Waals surface area contributed by atoms with E-state index >= 15 is 0 Å². The van der Waals surface area contributed by atoms with E-state index in [0.29, 0.717) is 0 Å². The Kier molecular flexibility index (Phi) is 8.83. The molecule has 0 spiro atoms. The lowest BCUT2D eigenvalue weighted by Crippen LogP contribution is -2.25. The summed E-state index contributed by atoms with van der Waals surface area (Å²) in [7, 11) is 0. The third-order valence-corrected chi connectivity index (χ3v) is 10.2. The first-order valence-corrected chi connectivity index (χ1v) is 14.4. The standard InChI is InChI=1S/C30H52/c1-23-7-15-27(16-8-23)29-19-11-25(12-20-29)5-3-4-6-26-13-21-30(22-14-26)28-17-9-24(2)10-18-28/h11,19,23-30H,3-10,12-18,20-22H2,1-2H3. The number of rotatable bonds is 7. The summed E-state index contributed by atoms with van der Waals surface area (Å²) in [5.74, 6) is 8.13. The van der Waals surface area contributed by atoms with Crippen LogP contribution in [0, 0.1) is 47.3 Å². The highest BCUT2D eigenvalue weighted by Crippen LogP contribution is 2.43. The summed E-state index contributed by atoms with van der Waals surface area (Å²) < 4.78 is 0. The SMILES string of the molecule is CC1CCC(C2C=CC(CCCCC3CCC(C4CCC(C)CC4)CC3)CC2)CC1. The van der Waals surface area contributed by atoms with Crippen LogP contribution in [0.25, 0.3) is 0 Å². The number of allylic oxidation sites excluding steroid dienone is 2. The predicted octanol–water partition coefficient (Wildman–Crippen LogP) is 9.59. The zero-order chi connectivity index (χ0) is 20.8. The summed E-state index contributed by atoms with van der Waals surface area (Å²) >= 11 is 0. The Labute approximate surface area is 189 Å². The highest BCUT2D eigenvalue weighted by Gasteiger charge is 2.30. The van der Waals surface area contributed by atoms with Gasteiger partial charge in [-0.1, -0.05) is 83.8 Å². The molecule has 172 valence electrons. The molecule has 4 rings (SSSR count). The second kappa shape index (κ2) is 11.6. The molecule has 2 unspecified atom stereocenters. The number of hydrogen-bond donors (Lipinski definition) is 0. The van der Waals surface area contributed by atoms with Crippen LogP contribution < -0.4 is 0 Å². The van der Waals surface area contributed by atoms with Gasteiger partial charge in [-0.2, -0.15) is 0 Å². The molecule has 0 radical (unpaired) electrons. The molecule has 4 aliphatic rings. The topological polar surface area (TPSA) is 0 Å². The van der Waals surface area contributed by atoms with E-state index in [1.54, 1.807) is 38.5 Å². The van der Waals surface area contributed by atoms with E-state index in [2.05, 4.69) is 26.0 Å². The van der Waals surface area contributed by atoms with E-state index in [1.165, 1.54) is 77.0 Å². The van der Waals surface area contributed by atoms with Crippen LogP contribution in [0.4, 0.5) is 0 Å². The molecule has 3 saturated carbocycles. The van der Waals surface area contributed by atoms with E-state index < -0.39 is 0 Å². The molecule has 2 atom stereocenters. The molecule has 30 heavy (non-hydrogen) atoms. The van der Waals surface area contributed by atoms with Crippen LogP contribution in [0.2, 0.25) is 0 Å². The Morgan fingerprint density at radius 2 is 1.03 bits per heavy atom. The lowest BCUT2D eigenvalue weighted by molar-refractivity contribution is 0.146. The molecule has 0 aromatic carbocycles. The van der Waals surface area contributed by atoms with E-state index in [-0.39, 0.29) is 0 Å². The molecule has 0 aromatic rings. The van der Waals surface area contributed by atoms with Crippen molar-refractivity contribution in [2.45, 2.75) is 129 Å². The molecule has 0 bridgehead atoms. The minimum atomic E-state index is 0.910. The first-order chi connectivity index (χ1) is 14.7. The molecule has 0 aliphatic heterocycles. The second-order valence-electron chi connectivity index (χ2n) is 12.5. The summed E-state index contributed by atoms with van der Waals surface area (Å²) in [6, 6.07) is 0. The van der Waals surface area contributed by atoms with Gasteiger partial charge in [-0.05, 0) is 105 Å². The van der Waals surface area contributed by atoms with Gasteiger partial charge in [0, 0.05) is 0 Å². The van der Waals surface area contributed by atoms with E-state index in [1.807, 2.05) is 0 Å². The Bertz CT molecular complexity index is 494. The zero-order valence-corrected chi connectivity index (χ0v) is 20.5. The Morgan fingerprint density at radius 1 is 0.500 bits per heavy atom. The predicted molar refractivity (Wildman–Crippen MR) is 132 cm³/mol. The van der Waals surface area contributed by atoms with Crippen molar-refractivity contribution in [2.24, 2.45) is 47.3 Å². The average Bonchev–Trinajstić information content (AvgIpc) is 2.79. The summed E-state index contributed by atoms with van der Waals surface area (Å²) in [5, 5.41) is 0. The van der Waals surface area contributed by atoms with Gasteiger partial charge in [0.2, 0.25) is 0 Å². The van der Waals surface area contributed by atoms with Gasteiger partial charge in [0.25, 0.3) is 0 Å². The summed E-state index contributed by atoms with van der Waals surface area (Å²) in [4.78, 5) is 0. The van der Waals surface area contributed by atoms with Crippen molar-refractivity contribution in [1.82, 2.24) is 0 Å². The van der Waals surface area contributed by atoms with Crippen molar-refractivity contribution in [2.75, 3.05) is 0 Å². The Balaban J connectivity index is 1.06. The maximum Gasteiger partial charge on any atom is -0.0205 e. The van der Waals surface area contributed by atoms with Gasteiger partial charge in [0.15, 0.2) is 0 Å². The van der Waals surface area contributed by atoms with E-state index in [9.17, 15) is 0 Å². The molecule has 0 heterocycles. The normalized spacial score (nSPS) is 42.9. The minimum Gasteiger partial charge on any atom is -0.0851 e. The fourth-order valence-corrected chi connectivity index (χ4v) is 7.79. The van der Waals surface area contributed by atoms with Crippen molar-refractivity contribution in [1.29, 1.82) is 0 Å². The molecular formula is C30H52. The molecule has 0 N–H and O–H groups in total. The maximum absolute atomic E-state index is 2.65. The first kappa shape index (κ1) is 22.9. The van der Waals surface area contributed by atoms with Gasteiger partial charge in [-0.3, -0.25) is 0 Å². The second-order valence-corrected chi connectivity index (χ2v) is 12.5. The molecule has 4 aliphatic carbocycles. The highest BCUT2D eigenvalue weighted by molar-refractivity contribution is 5.00. The quantitative estimate of drug-likeness (QED) is 0.288. The van der Waals surface area contributed by atoms with Crippen molar-refractivity contribution >= 4 is 0 Å². The third-order valence-electron chi connectivity index (χ3n) is 10.2. The fraction of sp³-hybridized carbons (Fsp3) is 0.933. The highest BCUT2D eigenvalue weighted by atomic mass is 14.4. The van der Waals surface area contributed by atoms with E-state index in [4.69, 9.17) is 0 Å². The van der Waals surface area contributed by atoms with Crippen LogP contribution in [0.1, 0.15) is 129 Å². The molecule has 0 amide bonds. The number of unbranched alkanes of at least 4 members (excludes halogenated alkanes) is 1. The summed E-state index contributed by atoms with van der Waals surface area (Å²) in [6.07, 6.45) is 32.6. The van der Waals surface area contributed by atoms with Crippen molar-refractivity contribution in [3.8, 4) is 0 Å². The lowest BCUT2D eigenvalue weighted by Gasteiger charge is -2.37. The minimum absolute atomic E-state index is 0.910. The van der Waals surface area contributed by atoms with Gasteiger partial charge in [0.05, 0.1) is 0 Å². The van der Waals surface area contributed by atoms with Crippen LogP contribution in [-0.4, -0.2) is 0 Å². The van der Waals surface area contributed by atoms with E-state index in [0.717, 1.165) is 47.3 Å².